The molecule has 0 aliphatic carbocycles. The molecule has 5 rings (SSSR count). The molecule has 3 saturated heterocycles. The standard InChI is InChI=1S/C29H41F2N7O2/c1-5-22-23(31)14-32-25(22)28(39)37-11-9-29(10-12-37)16-38(17-29)26-27(35-34-18-33-26)40-24-8-7-21(30)13-20(24)15-36(6-2)19(3)4/h7-8,13,18-19,22-23,25,32H,5-6,9-12,14-17H2,1-4H3/t22-,23?,25-/m0/s1. The zero-order valence-electron chi connectivity index (χ0n) is 23.9. The smallest absolute Gasteiger partial charge is 0.282 e. The Morgan fingerprint density at radius 2 is 2.00 bits per heavy atom. The minimum atomic E-state index is -0.958. The second-order valence-electron chi connectivity index (χ2n) is 11.8. The first kappa shape index (κ1) is 28.6. The number of halogens is 2. The first-order valence-electron chi connectivity index (χ1n) is 14.5. The highest BCUT2D eigenvalue weighted by atomic mass is 19.1. The first-order valence-corrected chi connectivity index (χ1v) is 14.5. The second kappa shape index (κ2) is 11.9. The second-order valence-corrected chi connectivity index (χ2v) is 11.8. The monoisotopic (exact) mass is 557 g/mol. The van der Waals surface area contributed by atoms with Crippen LogP contribution >= 0.6 is 0 Å². The molecule has 3 aliphatic rings. The summed E-state index contributed by atoms with van der Waals surface area (Å²) in [6, 6.07) is 4.42. The SMILES string of the molecule is CC[C@H]1C(F)CN[C@@H]1C(=O)N1CCC2(CC1)CN(c1ncnnc1Oc1ccc(F)cc1CN(CC)C(C)C)C2. The maximum Gasteiger partial charge on any atom is 0.282 e. The zero-order valence-corrected chi connectivity index (χ0v) is 23.9. The summed E-state index contributed by atoms with van der Waals surface area (Å²) in [5, 5.41) is 11.3. The quantitative estimate of drug-likeness (QED) is 0.499. The number of likely N-dealkylation sites (tertiary alicyclic amines) is 1. The number of alkyl halides is 1. The van der Waals surface area contributed by atoms with Crippen molar-refractivity contribution in [2.24, 2.45) is 11.3 Å². The lowest BCUT2D eigenvalue weighted by molar-refractivity contribution is -0.137. The zero-order chi connectivity index (χ0) is 28.4. The van der Waals surface area contributed by atoms with E-state index in [0.717, 1.165) is 38.0 Å². The fraction of sp³-hybridized carbons (Fsp3) is 0.655. The number of amides is 1. The minimum Gasteiger partial charge on any atom is -0.435 e. The molecule has 0 bridgehead atoms. The van der Waals surface area contributed by atoms with E-state index in [1.807, 2.05) is 11.8 Å². The molecule has 1 aromatic heterocycles. The Bertz CT molecular complexity index is 1180. The number of ether oxygens (including phenoxy) is 1. The summed E-state index contributed by atoms with van der Waals surface area (Å²) in [7, 11) is 0. The molecule has 2 aromatic rings. The highest BCUT2D eigenvalue weighted by Crippen LogP contribution is 2.44. The molecule has 3 atom stereocenters. The van der Waals surface area contributed by atoms with Crippen LogP contribution in [0.5, 0.6) is 11.6 Å². The molecule has 11 heteroatoms. The summed E-state index contributed by atoms with van der Waals surface area (Å²) in [4.78, 5) is 23.9. The number of benzene rings is 1. The molecule has 4 heterocycles. The van der Waals surface area contributed by atoms with Crippen molar-refractivity contribution >= 4 is 11.7 Å². The molecular weight excluding hydrogens is 516 g/mol. The Labute approximate surface area is 235 Å². The van der Waals surface area contributed by atoms with E-state index >= 15 is 0 Å². The number of hydrogen-bond acceptors (Lipinski definition) is 8. The molecule has 1 amide bonds. The van der Waals surface area contributed by atoms with Gasteiger partial charge in [-0.3, -0.25) is 9.69 Å². The molecule has 1 N–H and O–H groups in total. The topological polar surface area (TPSA) is 86.7 Å². The highest BCUT2D eigenvalue weighted by Gasteiger charge is 2.48. The van der Waals surface area contributed by atoms with Gasteiger partial charge in [0.15, 0.2) is 5.82 Å². The van der Waals surface area contributed by atoms with Crippen LogP contribution in [0.2, 0.25) is 0 Å². The van der Waals surface area contributed by atoms with Crippen LogP contribution in [-0.4, -0.2) is 88.4 Å². The predicted octanol–water partition coefficient (Wildman–Crippen LogP) is 3.80. The van der Waals surface area contributed by atoms with Crippen LogP contribution in [0, 0.1) is 17.2 Å². The van der Waals surface area contributed by atoms with Crippen LogP contribution in [0.3, 0.4) is 0 Å². The van der Waals surface area contributed by atoms with Crippen LogP contribution in [0.4, 0.5) is 14.6 Å². The highest BCUT2D eigenvalue weighted by molar-refractivity contribution is 5.83. The molecule has 3 aliphatic heterocycles. The number of anilines is 1. The Morgan fingerprint density at radius 3 is 2.67 bits per heavy atom. The van der Waals surface area contributed by atoms with Gasteiger partial charge in [0.05, 0.1) is 6.04 Å². The van der Waals surface area contributed by atoms with Gasteiger partial charge in [0.2, 0.25) is 5.91 Å². The van der Waals surface area contributed by atoms with Gasteiger partial charge in [0.1, 0.15) is 24.1 Å². The van der Waals surface area contributed by atoms with Gasteiger partial charge in [-0.15, -0.1) is 10.2 Å². The summed E-state index contributed by atoms with van der Waals surface area (Å²) in [5.74, 6) is 0.913. The summed E-state index contributed by atoms with van der Waals surface area (Å²) in [6.45, 7) is 12.8. The molecule has 1 spiro atoms. The van der Waals surface area contributed by atoms with Crippen molar-refractivity contribution in [3.05, 3.63) is 35.9 Å². The number of aromatic nitrogens is 3. The number of rotatable bonds is 9. The van der Waals surface area contributed by atoms with E-state index in [0.29, 0.717) is 49.5 Å². The number of carbonyl (C=O) groups is 1. The number of hydrogen-bond donors (Lipinski definition) is 1. The van der Waals surface area contributed by atoms with Crippen molar-refractivity contribution < 1.29 is 18.3 Å². The van der Waals surface area contributed by atoms with E-state index in [1.54, 1.807) is 6.07 Å². The largest absolute Gasteiger partial charge is 0.435 e. The van der Waals surface area contributed by atoms with E-state index in [4.69, 9.17) is 4.74 Å². The Balaban J connectivity index is 1.23. The van der Waals surface area contributed by atoms with Crippen LogP contribution in [0.1, 0.15) is 52.5 Å². The molecule has 1 aromatic carbocycles. The third-order valence-corrected chi connectivity index (χ3v) is 8.96. The van der Waals surface area contributed by atoms with E-state index < -0.39 is 12.2 Å². The minimum absolute atomic E-state index is 0.0305. The Hall–Kier alpha value is -2.92. The number of piperidine rings is 1. The van der Waals surface area contributed by atoms with Gasteiger partial charge in [0, 0.05) is 62.2 Å². The normalized spacial score (nSPS) is 24.1. The van der Waals surface area contributed by atoms with Crippen molar-refractivity contribution in [1.29, 1.82) is 0 Å². The third-order valence-electron chi connectivity index (χ3n) is 8.96. The summed E-state index contributed by atoms with van der Waals surface area (Å²) in [6.07, 6.45) is 2.88. The van der Waals surface area contributed by atoms with Crippen LogP contribution in [0.25, 0.3) is 0 Å². The van der Waals surface area contributed by atoms with Crippen molar-refractivity contribution in [3.8, 4) is 11.6 Å². The van der Waals surface area contributed by atoms with Crippen molar-refractivity contribution in [2.75, 3.05) is 44.2 Å². The molecule has 0 saturated carbocycles. The molecule has 3 fully saturated rings. The van der Waals surface area contributed by atoms with Gasteiger partial charge in [0.25, 0.3) is 5.88 Å². The fourth-order valence-electron chi connectivity index (χ4n) is 6.44. The molecule has 218 valence electrons. The van der Waals surface area contributed by atoms with Gasteiger partial charge in [-0.1, -0.05) is 13.8 Å². The van der Waals surface area contributed by atoms with Crippen molar-refractivity contribution in [2.45, 2.75) is 71.8 Å². The van der Waals surface area contributed by atoms with Gasteiger partial charge < -0.3 is 19.9 Å². The lowest BCUT2D eigenvalue weighted by atomic mass is 9.72. The molecule has 40 heavy (non-hydrogen) atoms. The Kier molecular flexibility index (Phi) is 8.51. The van der Waals surface area contributed by atoms with E-state index in [-0.39, 0.29) is 29.6 Å². The molecular formula is C29H41F2N7O2. The van der Waals surface area contributed by atoms with Gasteiger partial charge >= 0.3 is 0 Å². The lowest BCUT2D eigenvalue weighted by Crippen LogP contribution is -2.62. The molecule has 1 unspecified atom stereocenters. The van der Waals surface area contributed by atoms with E-state index in [2.05, 4.69) is 51.1 Å². The maximum absolute atomic E-state index is 14.2. The third kappa shape index (κ3) is 5.76. The summed E-state index contributed by atoms with van der Waals surface area (Å²) >= 11 is 0. The molecule has 0 radical (unpaired) electrons. The van der Waals surface area contributed by atoms with Gasteiger partial charge in [-0.25, -0.2) is 13.8 Å². The Morgan fingerprint density at radius 1 is 1.25 bits per heavy atom. The number of carbonyl (C=O) groups excluding carboxylic acids is 1. The maximum atomic E-state index is 14.2. The average Bonchev–Trinajstić information content (AvgIpc) is 3.31. The van der Waals surface area contributed by atoms with Gasteiger partial charge in [-0.05, 0) is 57.9 Å². The fourth-order valence-corrected chi connectivity index (χ4v) is 6.44. The van der Waals surface area contributed by atoms with E-state index in [9.17, 15) is 13.6 Å². The lowest BCUT2D eigenvalue weighted by Gasteiger charge is -2.54. The van der Waals surface area contributed by atoms with Crippen LogP contribution in [0.15, 0.2) is 24.5 Å². The first-order chi connectivity index (χ1) is 19.2. The van der Waals surface area contributed by atoms with Crippen molar-refractivity contribution in [3.63, 3.8) is 0 Å². The van der Waals surface area contributed by atoms with Crippen LogP contribution < -0.4 is 15.0 Å². The van der Waals surface area contributed by atoms with E-state index in [1.165, 1.54) is 18.5 Å². The summed E-state index contributed by atoms with van der Waals surface area (Å²) < 4.78 is 34.6. The van der Waals surface area contributed by atoms with Crippen molar-refractivity contribution in [1.82, 2.24) is 30.3 Å². The predicted molar refractivity (Wildman–Crippen MR) is 148 cm³/mol. The number of nitrogens with zero attached hydrogens (tertiary/aromatic N) is 6. The van der Waals surface area contributed by atoms with Crippen LogP contribution in [-0.2, 0) is 11.3 Å². The summed E-state index contributed by atoms with van der Waals surface area (Å²) in [5.41, 5.74) is 0.833. The van der Waals surface area contributed by atoms with Gasteiger partial charge in [-0.2, -0.15) is 0 Å². The molecule has 9 nitrogen and oxygen atoms in total. The average molecular weight is 558 g/mol. The number of nitrogens with one attached hydrogen (secondary N) is 1.